The van der Waals surface area contributed by atoms with E-state index in [9.17, 15) is 14.7 Å². The number of aliphatic carboxylic acids is 1. The second kappa shape index (κ2) is 6.97. The Balaban J connectivity index is 2.21. The van der Waals surface area contributed by atoms with E-state index < -0.39 is 11.9 Å². The summed E-state index contributed by atoms with van der Waals surface area (Å²) in [5, 5.41) is 11.8. The number of carbonyl (C=O) groups excluding carboxylic acids is 1. The van der Waals surface area contributed by atoms with Crippen molar-refractivity contribution in [3.8, 4) is 0 Å². The number of hydrogen-bond donors (Lipinski definition) is 2. The van der Waals surface area contributed by atoms with Crippen LogP contribution in [0.4, 0.5) is 0 Å². The summed E-state index contributed by atoms with van der Waals surface area (Å²) >= 11 is 1.32. The van der Waals surface area contributed by atoms with E-state index in [1.54, 1.807) is 24.6 Å². The van der Waals surface area contributed by atoms with Crippen LogP contribution in [0.15, 0.2) is 35.5 Å². The van der Waals surface area contributed by atoms with Gasteiger partial charge in [0.05, 0.1) is 16.1 Å². The average molecular weight is 344 g/mol. The van der Waals surface area contributed by atoms with Gasteiger partial charge in [-0.1, -0.05) is 32.9 Å². The van der Waals surface area contributed by atoms with Crippen molar-refractivity contribution >= 4 is 29.3 Å². The van der Waals surface area contributed by atoms with Crippen LogP contribution in [0.25, 0.3) is 6.08 Å². The normalized spacial score (nSPS) is 12.1. The number of aromatic nitrogens is 1. The standard InChI is InChI=1S/C18H20N2O3S/c1-11-15(24-10-19-11)9-14(17(22)23)20-16(21)12-5-7-13(8-6-12)18(2,3)4/h5-10H,1-4H3,(H,20,21)(H,22,23). The summed E-state index contributed by atoms with van der Waals surface area (Å²) in [5.74, 6) is -1.64. The van der Waals surface area contributed by atoms with Gasteiger partial charge in [0.15, 0.2) is 0 Å². The minimum atomic E-state index is -1.19. The number of rotatable bonds is 4. The molecule has 0 unspecified atom stereocenters. The van der Waals surface area contributed by atoms with Crippen molar-refractivity contribution < 1.29 is 14.7 Å². The molecule has 1 aromatic heterocycles. The molecule has 6 heteroatoms. The van der Waals surface area contributed by atoms with Gasteiger partial charge >= 0.3 is 5.97 Å². The molecule has 0 aliphatic carbocycles. The molecule has 24 heavy (non-hydrogen) atoms. The molecule has 0 spiro atoms. The zero-order chi connectivity index (χ0) is 17.9. The number of aryl methyl sites for hydroxylation is 1. The van der Waals surface area contributed by atoms with Crippen LogP contribution < -0.4 is 5.32 Å². The van der Waals surface area contributed by atoms with Gasteiger partial charge in [-0.3, -0.25) is 4.79 Å². The fourth-order valence-electron chi connectivity index (χ4n) is 2.05. The van der Waals surface area contributed by atoms with Gasteiger partial charge in [-0.05, 0) is 36.1 Å². The van der Waals surface area contributed by atoms with E-state index >= 15 is 0 Å². The molecule has 1 heterocycles. The van der Waals surface area contributed by atoms with Crippen LogP contribution in [0, 0.1) is 6.92 Å². The van der Waals surface area contributed by atoms with Crippen LogP contribution in [0.1, 0.15) is 47.3 Å². The molecule has 126 valence electrons. The predicted molar refractivity (Wildman–Crippen MR) is 95.1 cm³/mol. The number of carbonyl (C=O) groups is 2. The molecule has 0 aliphatic heterocycles. The summed E-state index contributed by atoms with van der Waals surface area (Å²) in [6.45, 7) is 8.05. The minimum Gasteiger partial charge on any atom is -0.477 e. The third-order valence-electron chi connectivity index (χ3n) is 3.55. The molecule has 2 N–H and O–H groups in total. The third-order valence-corrected chi connectivity index (χ3v) is 4.43. The van der Waals surface area contributed by atoms with Gasteiger partial charge in [-0.2, -0.15) is 0 Å². The van der Waals surface area contributed by atoms with Crippen molar-refractivity contribution in [3.05, 3.63) is 57.2 Å². The molecular weight excluding hydrogens is 324 g/mol. The number of carboxylic acids is 1. The van der Waals surface area contributed by atoms with Gasteiger partial charge in [-0.15, -0.1) is 11.3 Å². The summed E-state index contributed by atoms with van der Waals surface area (Å²) in [6.07, 6.45) is 1.43. The van der Waals surface area contributed by atoms with Crippen LogP contribution in [0.3, 0.4) is 0 Å². The Kier molecular flexibility index (Phi) is 5.19. The number of nitrogens with zero attached hydrogens (tertiary/aromatic N) is 1. The highest BCUT2D eigenvalue weighted by Gasteiger charge is 2.17. The Morgan fingerprint density at radius 2 is 1.83 bits per heavy atom. The Labute approximate surface area is 145 Å². The molecule has 0 fully saturated rings. The lowest BCUT2D eigenvalue weighted by molar-refractivity contribution is -0.132. The van der Waals surface area contributed by atoms with E-state index in [0.717, 1.165) is 11.3 Å². The van der Waals surface area contributed by atoms with Crippen LogP contribution in [0.5, 0.6) is 0 Å². The smallest absolute Gasteiger partial charge is 0.352 e. The van der Waals surface area contributed by atoms with Gasteiger partial charge in [0.1, 0.15) is 5.70 Å². The Morgan fingerprint density at radius 1 is 1.21 bits per heavy atom. The van der Waals surface area contributed by atoms with Crippen molar-refractivity contribution in [1.29, 1.82) is 0 Å². The van der Waals surface area contributed by atoms with Gasteiger partial charge < -0.3 is 10.4 Å². The van der Waals surface area contributed by atoms with Crippen molar-refractivity contribution in [1.82, 2.24) is 10.3 Å². The van der Waals surface area contributed by atoms with Crippen LogP contribution in [-0.2, 0) is 10.2 Å². The van der Waals surface area contributed by atoms with Crippen molar-refractivity contribution in [2.24, 2.45) is 0 Å². The van der Waals surface area contributed by atoms with E-state index in [-0.39, 0.29) is 11.1 Å². The topological polar surface area (TPSA) is 79.3 Å². The fraction of sp³-hybridized carbons (Fsp3) is 0.278. The molecular formula is C18H20N2O3S. The fourth-order valence-corrected chi connectivity index (χ4v) is 2.78. The largest absolute Gasteiger partial charge is 0.477 e. The molecule has 0 saturated carbocycles. The lowest BCUT2D eigenvalue weighted by Gasteiger charge is -2.19. The van der Waals surface area contributed by atoms with Gasteiger partial charge in [0.25, 0.3) is 5.91 Å². The van der Waals surface area contributed by atoms with E-state index in [4.69, 9.17) is 0 Å². The molecule has 0 atom stereocenters. The van der Waals surface area contributed by atoms with Crippen LogP contribution in [-0.4, -0.2) is 22.0 Å². The molecule has 2 aromatic rings. The number of nitrogens with one attached hydrogen (secondary N) is 1. The second-order valence-electron chi connectivity index (χ2n) is 6.45. The van der Waals surface area contributed by atoms with Gasteiger partial charge in [0, 0.05) is 5.56 Å². The molecule has 0 radical (unpaired) electrons. The first-order valence-electron chi connectivity index (χ1n) is 7.45. The quantitative estimate of drug-likeness (QED) is 0.831. The number of benzene rings is 1. The van der Waals surface area contributed by atoms with Crippen LogP contribution in [0.2, 0.25) is 0 Å². The van der Waals surface area contributed by atoms with Crippen molar-refractivity contribution in [2.45, 2.75) is 33.1 Å². The average Bonchev–Trinajstić information content (AvgIpc) is 2.91. The Morgan fingerprint density at radius 3 is 2.29 bits per heavy atom. The Hall–Kier alpha value is -2.47. The summed E-state index contributed by atoms with van der Waals surface area (Å²) in [5.41, 5.74) is 3.69. The predicted octanol–water partition coefficient (Wildman–Crippen LogP) is 3.60. The lowest BCUT2D eigenvalue weighted by atomic mass is 9.87. The van der Waals surface area contributed by atoms with Gasteiger partial charge in [-0.25, -0.2) is 9.78 Å². The van der Waals surface area contributed by atoms with Crippen molar-refractivity contribution in [3.63, 3.8) is 0 Å². The number of thiazole rings is 1. The SMILES string of the molecule is Cc1ncsc1C=C(NC(=O)c1ccc(C(C)(C)C)cc1)C(=O)O. The van der Waals surface area contributed by atoms with E-state index in [2.05, 4.69) is 31.1 Å². The maximum Gasteiger partial charge on any atom is 0.352 e. The number of amides is 1. The van der Waals surface area contributed by atoms with E-state index in [1.165, 1.54) is 17.4 Å². The first kappa shape index (κ1) is 17.9. The summed E-state index contributed by atoms with van der Waals surface area (Å²) in [4.78, 5) is 28.5. The maximum absolute atomic E-state index is 12.3. The van der Waals surface area contributed by atoms with Crippen molar-refractivity contribution in [2.75, 3.05) is 0 Å². The third kappa shape index (κ3) is 4.29. The monoisotopic (exact) mass is 344 g/mol. The molecule has 0 aliphatic rings. The highest BCUT2D eigenvalue weighted by Crippen LogP contribution is 2.22. The van der Waals surface area contributed by atoms with Gasteiger partial charge in [0.2, 0.25) is 0 Å². The maximum atomic E-state index is 12.3. The Bertz CT molecular complexity index is 783. The summed E-state index contributed by atoms with van der Waals surface area (Å²) < 4.78 is 0. The van der Waals surface area contributed by atoms with E-state index in [0.29, 0.717) is 10.4 Å². The minimum absolute atomic E-state index is 0.00910. The first-order chi connectivity index (χ1) is 11.2. The highest BCUT2D eigenvalue weighted by molar-refractivity contribution is 7.10. The number of carboxylic acid groups (broad SMARTS) is 1. The molecule has 5 nitrogen and oxygen atoms in total. The zero-order valence-electron chi connectivity index (χ0n) is 14.1. The molecule has 1 amide bonds. The molecule has 0 bridgehead atoms. The zero-order valence-corrected chi connectivity index (χ0v) is 14.9. The lowest BCUT2D eigenvalue weighted by Crippen LogP contribution is -2.27. The highest BCUT2D eigenvalue weighted by atomic mass is 32.1. The molecule has 2 rings (SSSR count). The number of hydrogen-bond acceptors (Lipinski definition) is 4. The van der Waals surface area contributed by atoms with E-state index in [1.807, 2.05) is 12.1 Å². The first-order valence-corrected chi connectivity index (χ1v) is 8.33. The summed E-state index contributed by atoms with van der Waals surface area (Å²) in [7, 11) is 0. The molecule has 0 saturated heterocycles. The molecule has 1 aromatic carbocycles. The second-order valence-corrected chi connectivity index (χ2v) is 7.33. The summed E-state index contributed by atoms with van der Waals surface area (Å²) in [6, 6.07) is 7.17. The van der Waals surface area contributed by atoms with Crippen LogP contribution >= 0.6 is 11.3 Å².